The summed E-state index contributed by atoms with van der Waals surface area (Å²) in [5, 5.41) is 22.0. The van der Waals surface area contributed by atoms with Gasteiger partial charge in [0.25, 0.3) is 60.7 Å². The van der Waals surface area contributed by atoms with Crippen LogP contribution in [-0.4, -0.2) is 111 Å². The van der Waals surface area contributed by atoms with Crippen LogP contribution in [-0.2, 0) is 60.7 Å². The molecule has 6 rings (SSSR count). The Morgan fingerprint density at radius 3 is 1.72 bits per heavy atom. The van der Waals surface area contributed by atoms with E-state index in [1.165, 1.54) is 54.6 Å². The van der Waals surface area contributed by atoms with Crippen LogP contribution in [0.15, 0.2) is 131 Å². The van der Waals surface area contributed by atoms with Crippen LogP contribution in [0.25, 0.3) is 10.8 Å². The minimum atomic E-state index is -5.00. The van der Waals surface area contributed by atoms with Crippen LogP contribution in [0.3, 0.4) is 0 Å². The fraction of sp³-hybridized carbons (Fsp3) is 0.139. The topological polar surface area (TPSA) is 460 Å². The van der Waals surface area contributed by atoms with Gasteiger partial charge in [-0.1, -0.05) is 6.07 Å². The number of benzene rings is 5. The normalized spacial score (nSPS) is 13.4. The molecule has 0 aliphatic carbocycles. The largest absolute Gasteiger partial charge is 0.491 e. The summed E-state index contributed by atoms with van der Waals surface area (Å²) in [6.07, 6.45) is -0.254. The number of nitrogens with one attached hydrogen (secondary N) is 3. The van der Waals surface area contributed by atoms with Crippen molar-refractivity contribution < 1.29 is 82.6 Å². The Balaban J connectivity index is 1.30. The maximum atomic E-state index is 12.0. The maximum Gasteiger partial charge on any atom is 0.296 e. The van der Waals surface area contributed by atoms with Crippen molar-refractivity contribution >= 4 is 123 Å². The van der Waals surface area contributed by atoms with Gasteiger partial charge in [-0.15, -0.1) is 5.11 Å². The molecule has 9 N–H and O–H groups in total. The minimum Gasteiger partial charge on any atom is -0.491 e. The summed E-state index contributed by atoms with van der Waals surface area (Å²) in [5.74, 6) is -1.90. The van der Waals surface area contributed by atoms with Crippen molar-refractivity contribution in [2.45, 2.75) is 38.3 Å². The molecule has 35 heteroatoms. The first-order chi connectivity index (χ1) is 32.8. The van der Waals surface area contributed by atoms with E-state index in [9.17, 15) is 77.8 Å². The number of nitrogens with zero attached hydrogens (tertiary/aromatic N) is 7. The molecule has 378 valence electrons. The minimum absolute atomic E-state index is 0.00685. The highest BCUT2D eigenvalue weighted by Crippen LogP contribution is 2.35. The predicted octanol–water partition coefficient (Wildman–Crippen LogP) is 5.63. The molecule has 6 aromatic rings. The number of ether oxygens (including phenoxy) is 1. The van der Waals surface area contributed by atoms with Gasteiger partial charge in [0, 0.05) is 17.1 Å². The smallest absolute Gasteiger partial charge is 0.296 e. The van der Waals surface area contributed by atoms with E-state index >= 15 is 0 Å². The van der Waals surface area contributed by atoms with Crippen LogP contribution < -0.4 is 20.7 Å². The first-order valence-electron chi connectivity index (χ1n) is 19.1. The number of rotatable bonds is 20. The van der Waals surface area contributed by atoms with Gasteiger partial charge in [0.15, 0.2) is 5.37 Å². The lowest BCUT2D eigenvalue weighted by Gasteiger charge is -2.16. The molecule has 0 amide bonds. The highest BCUT2D eigenvalue weighted by atomic mass is 32.2. The monoisotopic (exact) mass is 1100 g/mol. The van der Waals surface area contributed by atoms with Crippen LogP contribution in [0, 0.1) is 0 Å². The quantitative estimate of drug-likeness (QED) is 0.0254. The fourth-order valence-corrected chi connectivity index (χ4v) is 8.99. The van der Waals surface area contributed by atoms with Crippen LogP contribution in [0.1, 0.15) is 13.3 Å². The molecular weight excluding hydrogens is 1070 g/mol. The van der Waals surface area contributed by atoms with E-state index in [1.54, 1.807) is 0 Å². The highest BCUT2D eigenvalue weighted by molar-refractivity contribution is 7.87. The number of azo groups is 2. The second-order valence-corrected chi connectivity index (χ2v) is 23.3. The van der Waals surface area contributed by atoms with Crippen molar-refractivity contribution in [1.82, 2.24) is 15.0 Å². The van der Waals surface area contributed by atoms with Gasteiger partial charge in [-0.3, -0.25) is 27.3 Å². The van der Waals surface area contributed by atoms with Crippen LogP contribution >= 0.6 is 0 Å². The van der Waals surface area contributed by atoms with Gasteiger partial charge in [0.1, 0.15) is 21.2 Å². The van der Waals surface area contributed by atoms with Crippen molar-refractivity contribution in [3.05, 3.63) is 91.0 Å². The summed E-state index contributed by atoms with van der Waals surface area (Å²) in [7, 11) is -28.8. The molecular formula is C36H34N10O19S6. The molecule has 0 saturated carbocycles. The Bertz CT molecular complexity index is 3830. The molecule has 1 atom stereocenters. The summed E-state index contributed by atoms with van der Waals surface area (Å²) >= 11 is 0. The first kappa shape index (κ1) is 53.6. The standard InChI is InChI=1S/C36H34N10O19S6/c1-20(67(50,51)52)37-34-40-35(38-22-3-5-23(6-4-22)43-44-24-7-10-28-21(15-24)16-27(69(56,57)58)19-33(28)71(62,63)64)42-36(41-34)39-29-11-8-25(17-31(29)65-13-2-14-66(47,48)49)45-46-30-18-26(68(53,54)55)9-12-32(30)70(59,60)61/h3-12,15-20H,2,13-14H2,1H3,(H,47,48,49)(H,50,51,52)(H,53,54,55)(H,56,57,58)(H,59,60,61)(H,62,63,64)(H3,37,38,39,40,41,42). The number of aromatic nitrogens is 3. The lowest BCUT2D eigenvalue weighted by atomic mass is 10.1. The lowest BCUT2D eigenvalue weighted by Crippen LogP contribution is -2.27. The number of hydrogen-bond donors (Lipinski definition) is 9. The Morgan fingerprint density at radius 1 is 0.549 bits per heavy atom. The Hall–Kier alpha value is -6.77. The molecule has 71 heavy (non-hydrogen) atoms. The molecule has 0 fully saturated rings. The van der Waals surface area contributed by atoms with Crippen molar-refractivity contribution in [1.29, 1.82) is 0 Å². The second kappa shape index (κ2) is 20.5. The molecule has 0 saturated heterocycles. The summed E-state index contributed by atoms with van der Waals surface area (Å²) in [4.78, 5) is 9.31. The third-order valence-corrected chi connectivity index (χ3v) is 14.4. The molecule has 5 aromatic carbocycles. The van der Waals surface area contributed by atoms with E-state index in [2.05, 4.69) is 51.4 Å². The predicted molar refractivity (Wildman–Crippen MR) is 248 cm³/mol. The van der Waals surface area contributed by atoms with E-state index in [1.807, 2.05) is 0 Å². The van der Waals surface area contributed by atoms with E-state index in [0.29, 0.717) is 24.3 Å². The summed E-state index contributed by atoms with van der Waals surface area (Å²) in [6, 6.07) is 16.9. The average Bonchev–Trinajstić information content (AvgIpc) is 3.25. The molecule has 1 aromatic heterocycles. The summed E-state index contributed by atoms with van der Waals surface area (Å²) < 4.78 is 204. The van der Waals surface area contributed by atoms with Crippen LogP contribution in [0.2, 0.25) is 0 Å². The molecule has 0 aliphatic rings. The molecule has 0 spiro atoms. The Morgan fingerprint density at radius 2 is 1.11 bits per heavy atom. The third kappa shape index (κ3) is 14.9. The SMILES string of the molecule is CC(Nc1nc(Nc2ccc(N=Nc3ccc4c(S(=O)(=O)O)cc(S(=O)(=O)O)cc4c3)cc2)nc(Nc2ccc(N=Nc3cc(S(=O)(=O)O)ccc3S(=O)(=O)O)cc2OCCCS(=O)(=O)O)n1)S(=O)(=O)O. The van der Waals surface area contributed by atoms with Crippen molar-refractivity contribution in [3.63, 3.8) is 0 Å². The molecule has 0 aliphatic heterocycles. The zero-order chi connectivity index (χ0) is 52.3. The van der Waals surface area contributed by atoms with Crippen LogP contribution in [0.5, 0.6) is 5.75 Å². The van der Waals surface area contributed by atoms with Gasteiger partial charge in [0.05, 0.1) is 44.9 Å². The number of fused-ring (bicyclic) bond motifs is 1. The average molecular weight is 1100 g/mol. The zero-order valence-corrected chi connectivity index (χ0v) is 40.3. The van der Waals surface area contributed by atoms with Crippen molar-refractivity contribution in [2.75, 3.05) is 28.3 Å². The Kier molecular flexibility index (Phi) is 15.5. The van der Waals surface area contributed by atoms with Gasteiger partial charge in [-0.05, 0) is 97.6 Å². The second-order valence-electron chi connectivity index (χ2n) is 14.3. The molecule has 29 nitrogen and oxygen atoms in total. The van der Waals surface area contributed by atoms with Gasteiger partial charge in [-0.2, -0.15) is 80.8 Å². The number of anilines is 5. The van der Waals surface area contributed by atoms with Gasteiger partial charge < -0.3 is 20.7 Å². The van der Waals surface area contributed by atoms with Gasteiger partial charge in [-0.25, -0.2) is 0 Å². The van der Waals surface area contributed by atoms with E-state index in [0.717, 1.165) is 19.1 Å². The van der Waals surface area contributed by atoms with Gasteiger partial charge in [0.2, 0.25) is 17.8 Å². The molecule has 1 unspecified atom stereocenters. The maximum absolute atomic E-state index is 12.0. The zero-order valence-electron chi connectivity index (χ0n) is 35.4. The number of hydrogen-bond acceptors (Lipinski definition) is 23. The van der Waals surface area contributed by atoms with Gasteiger partial charge >= 0.3 is 0 Å². The van der Waals surface area contributed by atoms with Crippen LogP contribution in [0.4, 0.5) is 52.0 Å². The first-order valence-corrected chi connectivity index (χ1v) is 28.0. The lowest BCUT2D eigenvalue weighted by molar-refractivity contribution is 0.317. The highest BCUT2D eigenvalue weighted by Gasteiger charge is 2.23. The summed E-state index contributed by atoms with van der Waals surface area (Å²) in [6.45, 7) is 0.705. The molecule has 0 radical (unpaired) electrons. The van der Waals surface area contributed by atoms with Crippen molar-refractivity contribution in [3.8, 4) is 5.75 Å². The molecule has 0 bridgehead atoms. The molecule has 1 heterocycles. The van der Waals surface area contributed by atoms with E-state index in [4.69, 9.17) is 4.74 Å². The Labute approximate surface area is 402 Å². The fourth-order valence-electron chi connectivity index (χ4n) is 5.79. The van der Waals surface area contributed by atoms with E-state index < -0.39 is 103 Å². The summed E-state index contributed by atoms with van der Waals surface area (Å²) in [5.41, 5.74) is -0.236. The van der Waals surface area contributed by atoms with E-state index in [-0.39, 0.29) is 69.9 Å². The van der Waals surface area contributed by atoms with Crippen molar-refractivity contribution in [2.24, 2.45) is 20.5 Å². The third-order valence-electron chi connectivity index (χ3n) is 9.06.